The molecular weight excluding hydrogens is 314 g/mol. The Kier molecular flexibility index (Phi) is 3.76. The van der Waals surface area contributed by atoms with Crippen molar-refractivity contribution in [1.29, 1.82) is 0 Å². The molecule has 2 nitrogen and oxygen atoms in total. The molecule has 0 radical (unpaired) electrons. The number of aryl methyl sites for hydroxylation is 1. The van der Waals surface area contributed by atoms with E-state index in [-0.39, 0.29) is 21.3 Å². The third-order valence-electron chi connectivity index (χ3n) is 3.16. The van der Waals surface area contributed by atoms with Gasteiger partial charge in [-0.1, -0.05) is 13.8 Å². The smallest absolute Gasteiger partial charge is 0.150 e. The molecule has 0 saturated carbocycles. The monoisotopic (exact) mass is 328 g/mol. The second-order valence-electron chi connectivity index (χ2n) is 4.77. The molecule has 102 valence electrons. The molecule has 1 aromatic carbocycles. The van der Waals surface area contributed by atoms with Gasteiger partial charge in [0.25, 0.3) is 0 Å². The fourth-order valence-electron chi connectivity index (χ4n) is 2.43. The van der Waals surface area contributed by atoms with Crippen LogP contribution < -0.4 is 5.32 Å². The Morgan fingerprint density at radius 1 is 1.32 bits per heavy atom. The summed E-state index contributed by atoms with van der Waals surface area (Å²) in [4.78, 5) is 4.23. The summed E-state index contributed by atoms with van der Waals surface area (Å²) < 4.78 is 28.4. The van der Waals surface area contributed by atoms with Gasteiger partial charge in [-0.3, -0.25) is 0 Å². The van der Waals surface area contributed by atoms with Crippen LogP contribution in [0.25, 0.3) is 10.9 Å². The Bertz CT molecular complexity index is 654. The second kappa shape index (κ2) is 5.04. The van der Waals surface area contributed by atoms with Gasteiger partial charge in [-0.05, 0) is 40.4 Å². The zero-order valence-corrected chi connectivity index (χ0v) is 12.8. The first kappa shape index (κ1) is 14.2. The van der Waals surface area contributed by atoms with Gasteiger partial charge in [0.05, 0.1) is 15.5 Å². The molecule has 19 heavy (non-hydrogen) atoms. The Balaban J connectivity index is 3.04. The lowest BCUT2D eigenvalue weighted by Gasteiger charge is -2.18. The number of pyridine rings is 1. The van der Waals surface area contributed by atoms with Gasteiger partial charge in [0, 0.05) is 12.7 Å². The van der Waals surface area contributed by atoms with Gasteiger partial charge in [-0.2, -0.15) is 0 Å². The highest BCUT2D eigenvalue weighted by Crippen LogP contribution is 2.37. The topological polar surface area (TPSA) is 24.9 Å². The highest BCUT2D eigenvalue weighted by molar-refractivity contribution is 9.10. The van der Waals surface area contributed by atoms with Crippen molar-refractivity contribution in [2.45, 2.75) is 26.7 Å². The van der Waals surface area contributed by atoms with E-state index >= 15 is 0 Å². The highest BCUT2D eigenvalue weighted by Gasteiger charge is 2.21. The normalized spacial score (nSPS) is 11.4. The third kappa shape index (κ3) is 2.20. The number of rotatable bonds is 2. The van der Waals surface area contributed by atoms with Gasteiger partial charge in [0.15, 0.2) is 5.82 Å². The average Bonchev–Trinajstić information content (AvgIpc) is 2.34. The molecule has 0 aliphatic heterocycles. The first-order chi connectivity index (χ1) is 8.88. The number of nitrogens with one attached hydrogen (secondary N) is 1. The summed E-state index contributed by atoms with van der Waals surface area (Å²) in [7, 11) is 1.71. The summed E-state index contributed by atoms with van der Waals surface area (Å²) in [5, 5.41) is 3.19. The summed E-state index contributed by atoms with van der Waals surface area (Å²) in [6, 6.07) is 1.11. The predicted molar refractivity (Wildman–Crippen MR) is 77.7 cm³/mol. The number of nitrogens with zero attached hydrogens (tertiary/aromatic N) is 1. The van der Waals surface area contributed by atoms with Gasteiger partial charge in [-0.15, -0.1) is 0 Å². The van der Waals surface area contributed by atoms with E-state index in [9.17, 15) is 8.78 Å². The molecule has 0 bridgehead atoms. The molecule has 0 atom stereocenters. The van der Waals surface area contributed by atoms with Crippen molar-refractivity contribution in [3.63, 3.8) is 0 Å². The van der Waals surface area contributed by atoms with Crippen LogP contribution in [0.5, 0.6) is 0 Å². The van der Waals surface area contributed by atoms with E-state index < -0.39 is 11.6 Å². The van der Waals surface area contributed by atoms with E-state index in [1.54, 1.807) is 7.05 Å². The summed E-state index contributed by atoms with van der Waals surface area (Å²) in [5.74, 6) is -0.853. The molecule has 0 aliphatic carbocycles. The zero-order chi connectivity index (χ0) is 14.3. The number of benzene rings is 1. The maximum absolute atomic E-state index is 14.3. The summed E-state index contributed by atoms with van der Waals surface area (Å²) in [5.41, 5.74) is 2.29. The molecule has 0 saturated heterocycles. The largest absolute Gasteiger partial charge is 0.387 e. The fourth-order valence-corrected chi connectivity index (χ4v) is 2.83. The molecular formula is C14H15BrF2N2. The maximum Gasteiger partial charge on any atom is 0.150 e. The lowest BCUT2D eigenvalue weighted by Crippen LogP contribution is -2.06. The third-order valence-corrected chi connectivity index (χ3v) is 3.74. The molecule has 0 unspecified atom stereocenters. The molecule has 1 N–H and O–H groups in total. The quantitative estimate of drug-likeness (QED) is 0.805. The number of anilines is 1. The fraction of sp³-hybridized carbons (Fsp3) is 0.357. The lowest BCUT2D eigenvalue weighted by atomic mass is 9.96. The standard InChI is InChI=1S/C14H15BrF2N2/c1-6(2)10-7(3)19-13-9(16)5-8(15)12(17)11(13)14(10)18-4/h5-6H,1-4H3,(H,18,19). The molecule has 5 heteroatoms. The molecule has 2 aromatic rings. The minimum atomic E-state index is -0.529. The lowest BCUT2D eigenvalue weighted by molar-refractivity contribution is 0.609. The van der Waals surface area contributed by atoms with Crippen LogP contribution in [0, 0.1) is 18.6 Å². The van der Waals surface area contributed by atoms with Crippen molar-refractivity contribution in [1.82, 2.24) is 4.98 Å². The number of hydrogen-bond donors (Lipinski definition) is 1. The minimum absolute atomic E-state index is 0.0620. The van der Waals surface area contributed by atoms with Crippen molar-refractivity contribution < 1.29 is 8.78 Å². The summed E-state index contributed by atoms with van der Waals surface area (Å²) >= 11 is 3.04. The number of halogens is 3. The predicted octanol–water partition coefficient (Wildman–Crippen LogP) is 4.75. The van der Waals surface area contributed by atoms with Gasteiger partial charge >= 0.3 is 0 Å². The number of hydrogen-bond acceptors (Lipinski definition) is 2. The molecule has 0 spiro atoms. The average molecular weight is 329 g/mol. The molecule has 2 rings (SSSR count). The van der Waals surface area contributed by atoms with Crippen LogP contribution in [0.3, 0.4) is 0 Å². The van der Waals surface area contributed by atoms with E-state index in [1.165, 1.54) is 0 Å². The van der Waals surface area contributed by atoms with Crippen molar-refractivity contribution in [3.05, 3.63) is 33.4 Å². The van der Waals surface area contributed by atoms with E-state index in [0.717, 1.165) is 11.6 Å². The van der Waals surface area contributed by atoms with Crippen molar-refractivity contribution in [2.75, 3.05) is 12.4 Å². The van der Waals surface area contributed by atoms with Gasteiger partial charge in [0.2, 0.25) is 0 Å². The van der Waals surface area contributed by atoms with E-state index in [2.05, 4.69) is 26.2 Å². The van der Waals surface area contributed by atoms with Crippen molar-refractivity contribution in [3.8, 4) is 0 Å². The maximum atomic E-state index is 14.3. The zero-order valence-electron chi connectivity index (χ0n) is 11.2. The van der Waals surface area contributed by atoms with Crippen LogP contribution in [0.2, 0.25) is 0 Å². The van der Waals surface area contributed by atoms with E-state index in [1.807, 2.05) is 20.8 Å². The number of aromatic nitrogens is 1. The Morgan fingerprint density at radius 2 is 1.95 bits per heavy atom. The molecule has 0 aliphatic rings. The summed E-state index contributed by atoms with van der Waals surface area (Å²) in [6.07, 6.45) is 0. The van der Waals surface area contributed by atoms with Gasteiger partial charge in [-0.25, -0.2) is 13.8 Å². The minimum Gasteiger partial charge on any atom is -0.387 e. The molecule has 1 aromatic heterocycles. The number of fused-ring (bicyclic) bond motifs is 1. The Morgan fingerprint density at radius 3 is 2.47 bits per heavy atom. The van der Waals surface area contributed by atoms with Crippen LogP contribution in [0.4, 0.5) is 14.5 Å². The van der Waals surface area contributed by atoms with Crippen LogP contribution in [0.1, 0.15) is 31.0 Å². The Labute approximate surface area is 119 Å². The van der Waals surface area contributed by atoms with Crippen molar-refractivity contribution in [2.24, 2.45) is 0 Å². The summed E-state index contributed by atoms with van der Waals surface area (Å²) in [6.45, 7) is 5.82. The van der Waals surface area contributed by atoms with Crippen LogP contribution in [0.15, 0.2) is 10.5 Å². The second-order valence-corrected chi connectivity index (χ2v) is 5.62. The van der Waals surface area contributed by atoms with E-state index in [0.29, 0.717) is 11.4 Å². The van der Waals surface area contributed by atoms with Crippen LogP contribution in [-0.4, -0.2) is 12.0 Å². The first-order valence-corrected chi connectivity index (χ1v) is 6.83. The molecule has 0 amide bonds. The first-order valence-electron chi connectivity index (χ1n) is 6.03. The highest BCUT2D eigenvalue weighted by atomic mass is 79.9. The van der Waals surface area contributed by atoms with Crippen LogP contribution >= 0.6 is 15.9 Å². The SMILES string of the molecule is CNc1c(C(C)C)c(C)nc2c(F)cc(Br)c(F)c12. The molecule has 1 heterocycles. The van der Waals surface area contributed by atoms with Gasteiger partial charge < -0.3 is 5.32 Å². The van der Waals surface area contributed by atoms with Crippen LogP contribution in [-0.2, 0) is 0 Å². The Hall–Kier alpha value is -1.23. The molecule has 0 fully saturated rings. The van der Waals surface area contributed by atoms with E-state index in [4.69, 9.17) is 0 Å². The van der Waals surface area contributed by atoms with Crippen molar-refractivity contribution >= 4 is 32.5 Å². The van der Waals surface area contributed by atoms with Gasteiger partial charge in [0.1, 0.15) is 11.3 Å².